The minimum Gasteiger partial charge on any atom is -0.392 e. The Morgan fingerprint density at radius 1 is 1.27 bits per heavy atom. The van der Waals surface area contributed by atoms with E-state index in [1.54, 1.807) is 0 Å². The zero-order chi connectivity index (χ0) is 11.2. The second kappa shape index (κ2) is 3.50. The molecule has 0 spiro atoms. The van der Waals surface area contributed by atoms with Crippen molar-refractivity contribution in [2.75, 3.05) is 0 Å². The topological polar surface area (TPSA) is 20.2 Å². The lowest BCUT2D eigenvalue weighted by molar-refractivity contribution is 0.150. The van der Waals surface area contributed by atoms with E-state index in [0.717, 1.165) is 29.0 Å². The van der Waals surface area contributed by atoms with Crippen molar-refractivity contribution in [2.45, 2.75) is 45.1 Å². The van der Waals surface area contributed by atoms with Gasteiger partial charge in [-0.1, -0.05) is 23.7 Å². The summed E-state index contributed by atoms with van der Waals surface area (Å²) < 4.78 is 0. The van der Waals surface area contributed by atoms with Gasteiger partial charge in [0.2, 0.25) is 0 Å². The van der Waals surface area contributed by atoms with E-state index in [1.165, 1.54) is 5.56 Å². The van der Waals surface area contributed by atoms with Crippen LogP contribution < -0.4 is 0 Å². The molecule has 0 saturated heterocycles. The highest BCUT2D eigenvalue weighted by Crippen LogP contribution is 2.51. The van der Waals surface area contributed by atoms with Crippen LogP contribution in [0.2, 0.25) is 5.02 Å². The zero-order valence-electron chi connectivity index (χ0n) is 9.47. The molecule has 1 N–H and O–H groups in total. The molecule has 82 valence electrons. The highest BCUT2D eigenvalue weighted by molar-refractivity contribution is 6.32. The molecular weight excluding hydrogens is 208 g/mol. The molecule has 0 aliphatic heterocycles. The van der Waals surface area contributed by atoms with E-state index in [-0.39, 0.29) is 11.5 Å². The van der Waals surface area contributed by atoms with Gasteiger partial charge >= 0.3 is 0 Å². The summed E-state index contributed by atoms with van der Waals surface area (Å²) in [5, 5.41) is 10.7. The lowest BCUT2D eigenvalue weighted by Gasteiger charge is -2.20. The summed E-state index contributed by atoms with van der Waals surface area (Å²) in [5.74, 6) is 0. The van der Waals surface area contributed by atoms with Crippen LogP contribution in [0.1, 0.15) is 36.5 Å². The van der Waals surface area contributed by atoms with Crippen molar-refractivity contribution in [3.05, 3.63) is 33.8 Å². The molecule has 1 aromatic rings. The number of benzene rings is 1. The quantitative estimate of drug-likeness (QED) is 0.817. The highest BCUT2D eigenvalue weighted by Gasteiger charge is 2.48. The Kier molecular flexibility index (Phi) is 2.56. The Labute approximate surface area is 96.1 Å². The summed E-state index contributed by atoms with van der Waals surface area (Å²) in [6.45, 7) is 5.93. The standard InChI is InChI=1S/C13H17ClO/c1-8-6-11(7-9(2)12(8)14)13(4-5-13)10(3)15/h6-7,10,15H,4-5H2,1-3H3. The minimum atomic E-state index is -0.266. The van der Waals surface area contributed by atoms with Gasteiger partial charge in [0.25, 0.3) is 0 Å². The molecule has 1 nitrogen and oxygen atoms in total. The fraction of sp³-hybridized carbons (Fsp3) is 0.538. The van der Waals surface area contributed by atoms with Crippen LogP contribution in [0, 0.1) is 13.8 Å². The van der Waals surface area contributed by atoms with E-state index >= 15 is 0 Å². The summed E-state index contributed by atoms with van der Waals surface area (Å²) in [6, 6.07) is 4.24. The van der Waals surface area contributed by atoms with E-state index in [1.807, 2.05) is 20.8 Å². The number of aliphatic hydroxyl groups excluding tert-OH is 1. The first-order chi connectivity index (χ1) is 6.97. The molecule has 1 aliphatic rings. The number of hydrogen-bond donors (Lipinski definition) is 1. The number of halogens is 1. The lowest BCUT2D eigenvalue weighted by atomic mass is 9.88. The van der Waals surface area contributed by atoms with E-state index < -0.39 is 0 Å². The predicted molar refractivity (Wildman–Crippen MR) is 63.5 cm³/mol. The van der Waals surface area contributed by atoms with Gasteiger partial charge in [0.15, 0.2) is 0 Å². The third-order valence-corrected chi connectivity index (χ3v) is 4.20. The second-order valence-corrected chi connectivity index (χ2v) is 5.13. The molecular formula is C13H17ClO. The molecule has 0 bridgehead atoms. The Hall–Kier alpha value is -0.530. The van der Waals surface area contributed by atoms with Gasteiger partial charge in [-0.15, -0.1) is 0 Å². The minimum absolute atomic E-state index is 0.0140. The van der Waals surface area contributed by atoms with Crippen molar-refractivity contribution < 1.29 is 5.11 Å². The number of rotatable bonds is 2. The van der Waals surface area contributed by atoms with Crippen LogP contribution in [0.4, 0.5) is 0 Å². The van der Waals surface area contributed by atoms with Crippen molar-refractivity contribution >= 4 is 11.6 Å². The number of hydrogen-bond acceptors (Lipinski definition) is 1. The van der Waals surface area contributed by atoms with Crippen molar-refractivity contribution in [3.8, 4) is 0 Å². The maximum Gasteiger partial charge on any atom is 0.0608 e. The van der Waals surface area contributed by atoms with E-state index in [0.29, 0.717) is 0 Å². The van der Waals surface area contributed by atoms with Gasteiger partial charge in [-0.2, -0.15) is 0 Å². The molecule has 0 aromatic heterocycles. The molecule has 15 heavy (non-hydrogen) atoms. The summed E-state index contributed by atoms with van der Waals surface area (Å²) in [7, 11) is 0. The van der Waals surface area contributed by atoms with Crippen molar-refractivity contribution in [1.29, 1.82) is 0 Å². The van der Waals surface area contributed by atoms with Crippen LogP contribution in [0.3, 0.4) is 0 Å². The summed E-state index contributed by atoms with van der Waals surface area (Å²) >= 11 is 6.14. The molecule has 1 atom stereocenters. The highest BCUT2D eigenvalue weighted by atomic mass is 35.5. The average Bonchev–Trinajstić information content (AvgIpc) is 2.93. The molecule has 1 unspecified atom stereocenters. The lowest BCUT2D eigenvalue weighted by Crippen LogP contribution is -2.22. The molecule has 2 heteroatoms. The Morgan fingerprint density at radius 3 is 2.07 bits per heavy atom. The molecule has 0 heterocycles. The van der Waals surface area contributed by atoms with Gasteiger partial charge in [0.1, 0.15) is 0 Å². The Bertz CT molecular complexity index is 369. The first kappa shape index (κ1) is 11.0. The van der Waals surface area contributed by atoms with Crippen LogP contribution in [-0.2, 0) is 5.41 Å². The van der Waals surface area contributed by atoms with E-state index in [2.05, 4.69) is 12.1 Å². The number of aryl methyl sites for hydroxylation is 2. The average molecular weight is 225 g/mol. The molecule has 1 fully saturated rings. The molecule has 1 saturated carbocycles. The van der Waals surface area contributed by atoms with Gasteiger partial charge in [-0.05, 0) is 50.3 Å². The first-order valence-electron chi connectivity index (χ1n) is 5.43. The maximum absolute atomic E-state index is 9.81. The van der Waals surface area contributed by atoms with Crippen LogP contribution in [0.5, 0.6) is 0 Å². The zero-order valence-corrected chi connectivity index (χ0v) is 10.2. The summed E-state index contributed by atoms with van der Waals surface area (Å²) in [4.78, 5) is 0. The van der Waals surface area contributed by atoms with Crippen LogP contribution in [-0.4, -0.2) is 11.2 Å². The van der Waals surface area contributed by atoms with Gasteiger partial charge < -0.3 is 5.11 Å². The third kappa shape index (κ3) is 1.68. The normalized spacial score (nSPS) is 20.1. The summed E-state index contributed by atoms with van der Waals surface area (Å²) in [5.41, 5.74) is 3.48. The van der Waals surface area contributed by atoms with Crippen molar-refractivity contribution in [3.63, 3.8) is 0 Å². The largest absolute Gasteiger partial charge is 0.392 e. The third-order valence-electron chi connectivity index (χ3n) is 3.60. The molecule has 0 amide bonds. The molecule has 0 radical (unpaired) electrons. The Morgan fingerprint density at radius 2 is 1.73 bits per heavy atom. The van der Waals surface area contributed by atoms with Gasteiger partial charge in [-0.3, -0.25) is 0 Å². The number of aliphatic hydroxyl groups is 1. The van der Waals surface area contributed by atoms with Crippen LogP contribution >= 0.6 is 11.6 Å². The first-order valence-corrected chi connectivity index (χ1v) is 5.80. The summed E-state index contributed by atoms with van der Waals surface area (Å²) in [6.07, 6.45) is 1.91. The van der Waals surface area contributed by atoms with Crippen molar-refractivity contribution in [2.24, 2.45) is 0 Å². The SMILES string of the molecule is Cc1cc(C2(C(C)O)CC2)cc(C)c1Cl. The maximum atomic E-state index is 9.81. The van der Waals surface area contributed by atoms with Gasteiger partial charge in [-0.25, -0.2) is 0 Å². The monoisotopic (exact) mass is 224 g/mol. The van der Waals surface area contributed by atoms with E-state index in [4.69, 9.17) is 11.6 Å². The predicted octanol–water partition coefficient (Wildman–Crippen LogP) is 3.37. The fourth-order valence-electron chi connectivity index (χ4n) is 2.32. The molecule has 1 aromatic carbocycles. The molecule has 2 rings (SSSR count). The fourth-order valence-corrected chi connectivity index (χ4v) is 2.42. The molecule has 1 aliphatic carbocycles. The van der Waals surface area contributed by atoms with Crippen molar-refractivity contribution in [1.82, 2.24) is 0 Å². The van der Waals surface area contributed by atoms with Gasteiger partial charge in [0, 0.05) is 10.4 Å². The van der Waals surface area contributed by atoms with E-state index in [9.17, 15) is 5.11 Å². The second-order valence-electron chi connectivity index (χ2n) is 4.76. The van der Waals surface area contributed by atoms with Gasteiger partial charge in [0.05, 0.1) is 6.10 Å². The van der Waals surface area contributed by atoms with Crippen LogP contribution in [0.15, 0.2) is 12.1 Å². The van der Waals surface area contributed by atoms with Crippen LogP contribution in [0.25, 0.3) is 0 Å². The smallest absolute Gasteiger partial charge is 0.0608 e. The Balaban J connectivity index is 2.47.